The molecule has 5 nitrogen and oxygen atoms in total. The van der Waals surface area contributed by atoms with Crippen molar-refractivity contribution in [3.63, 3.8) is 0 Å². The molecule has 0 radical (unpaired) electrons. The van der Waals surface area contributed by atoms with Gasteiger partial charge in [-0.3, -0.25) is 0 Å². The minimum atomic E-state index is -3.50. The molecule has 3 N–H and O–H groups in total. The Morgan fingerprint density at radius 1 is 1.53 bits per heavy atom. The van der Waals surface area contributed by atoms with Gasteiger partial charge in [-0.2, -0.15) is 0 Å². The Kier molecular flexibility index (Phi) is 4.68. The molecule has 0 atom stereocenters. The van der Waals surface area contributed by atoms with Gasteiger partial charge in [0.1, 0.15) is 0 Å². The SMILES string of the molecule is COC(C)(C)CNS(=O)(=O)c1ccsc1CN. The topological polar surface area (TPSA) is 81.4 Å². The highest BCUT2D eigenvalue weighted by Gasteiger charge is 2.23. The van der Waals surface area contributed by atoms with E-state index in [1.165, 1.54) is 11.3 Å². The van der Waals surface area contributed by atoms with E-state index in [4.69, 9.17) is 10.5 Å². The Morgan fingerprint density at radius 2 is 2.18 bits per heavy atom. The maximum atomic E-state index is 12.0. The summed E-state index contributed by atoms with van der Waals surface area (Å²) < 4.78 is 31.7. The van der Waals surface area contributed by atoms with E-state index in [0.717, 1.165) is 0 Å². The number of thiophene rings is 1. The van der Waals surface area contributed by atoms with E-state index < -0.39 is 15.6 Å². The molecule has 0 aliphatic heterocycles. The molecule has 0 unspecified atom stereocenters. The molecule has 98 valence electrons. The lowest BCUT2D eigenvalue weighted by molar-refractivity contribution is 0.0276. The summed E-state index contributed by atoms with van der Waals surface area (Å²) in [7, 11) is -1.96. The lowest BCUT2D eigenvalue weighted by Crippen LogP contribution is -2.39. The van der Waals surface area contributed by atoms with Crippen molar-refractivity contribution in [2.45, 2.75) is 30.9 Å². The number of hydrogen-bond donors (Lipinski definition) is 2. The summed E-state index contributed by atoms with van der Waals surface area (Å²) in [6.45, 7) is 4.06. The summed E-state index contributed by atoms with van der Waals surface area (Å²) in [6, 6.07) is 1.56. The van der Waals surface area contributed by atoms with E-state index in [1.54, 1.807) is 18.6 Å². The van der Waals surface area contributed by atoms with Gasteiger partial charge in [-0.05, 0) is 25.3 Å². The van der Waals surface area contributed by atoms with Crippen LogP contribution >= 0.6 is 11.3 Å². The zero-order valence-electron chi connectivity index (χ0n) is 10.2. The van der Waals surface area contributed by atoms with Crippen molar-refractivity contribution >= 4 is 21.4 Å². The average molecular weight is 278 g/mol. The highest BCUT2D eigenvalue weighted by molar-refractivity contribution is 7.89. The van der Waals surface area contributed by atoms with Crippen molar-refractivity contribution in [1.82, 2.24) is 4.72 Å². The monoisotopic (exact) mass is 278 g/mol. The Hall–Kier alpha value is -0.470. The van der Waals surface area contributed by atoms with Crippen LogP contribution in [0.2, 0.25) is 0 Å². The molecule has 0 bridgehead atoms. The summed E-state index contributed by atoms with van der Waals surface area (Å²) in [6.07, 6.45) is 0. The normalized spacial score (nSPS) is 12.9. The van der Waals surface area contributed by atoms with Crippen LogP contribution in [0.4, 0.5) is 0 Å². The van der Waals surface area contributed by atoms with Gasteiger partial charge in [0, 0.05) is 25.1 Å². The predicted octanol–water partition coefficient (Wildman–Crippen LogP) is 0.910. The van der Waals surface area contributed by atoms with Gasteiger partial charge in [0.15, 0.2) is 0 Å². The first-order valence-electron chi connectivity index (χ1n) is 5.13. The van der Waals surface area contributed by atoms with Crippen LogP contribution < -0.4 is 10.5 Å². The van der Waals surface area contributed by atoms with Crippen LogP contribution in [-0.4, -0.2) is 27.7 Å². The number of nitrogens with two attached hydrogens (primary N) is 1. The molecule has 0 amide bonds. The summed E-state index contributed by atoms with van der Waals surface area (Å²) in [4.78, 5) is 0.921. The van der Waals surface area contributed by atoms with Crippen molar-refractivity contribution in [2.24, 2.45) is 5.73 Å². The van der Waals surface area contributed by atoms with E-state index in [-0.39, 0.29) is 18.0 Å². The highest BCUT2D eigenvalue weighted by atomic mass is 32.2. The van der Waals surface area contributed by atoms with Gasteiger partial charge in [-0.15, -0.1) is 11.3 Å². The Morgan fingerprint density at radius 3 is 2.71 bits per heavy atom. The molecular formula is C10H18N2O3S2. The zero-order chi connectivity index (χ0) is 13.1. The van der Waals surface area contributed by atoms with Crippen LogP contribution in [-0.2, 0) is 21.3 Å². The van der Waals surface area contributed by atoms with Gasteiger partial charge in [-0.25, -0.2) is 13.1 Å². The molecule has 1 rings (SSSR count). The van der Waals surface area contributed by atoms with Gasteiger partial charge in [0.25, 0.3) is 0 Å². The highest BCUT2D eigenvalue weighted by Crippen LogP contribution is 2.21. The summed E-state index contributed by atoms with van der Waals surface area (Å²) in [5.41, 5.74) is 4.96. The molecule has 0 fully saturated rings. The molecular weight excluding hydrogens is 260 g/mol. The fraction of sp³-hybridized carbons (Fsp3) is 0.600. The first kappa shape index (κ1) is 14.6. The number of ether oxygens (including phenoxy) is 1. The third kappa shape index (κ3) is 3.75. The summed E-state index contributed by atoms with van der Waals surface area (Å²) in [5, 5.41) is 1.72. The van der Waals surface area contributed by atoms with E-state index in [1.807, 2.05) is 13.8 Å². The predicted molar refractivity (Wildman–Crippen MR) is 68.5 cm³/mol. The number of nitrogens with one attached hydrogen (secondary N) is 1. The Labute approximate surface area is 106 Å². The quantitative estimate of drug-likeness (QED) is 0.810. The second-order valence-corrected chi connectivity index (χ2v) is 6.94. The largest absolute Gasteiger partial charge is 0.377 e. The van der Waals surface area contributed by atoms with E-state index >= 15 is 0 Å². The molecule has 0 aliphatic carbocycles. The molecule has 1 aromatic rings. The van der Waals surface area contributed by atoms with Gasteiger partial charge in [0.05, 0.1) is 10.5 Å². The van der Waals surface area contributed by atoms with Crippen LogP contribution in [0.1, 0.15) is 18.7 Å². The molecule has 1 heterocycles. The lowest BCUT2D eigenvalue weighted by Gasteiger charge is -2.23. The number of methoxy groups -OCH3 is 1. The standard InChI is InChI=1S/C10H18N2O3S2/c1-10(2,15-3)7-12-17(13,14)9-4-5-16-8(9)6-11/h4-5,12H,6-7,11H2,1-3H3. The molecule has 0 spiro atoms. The molecule has 0 saturated heterocycles. The first-order chi connectivity index (χ1) is 7.82. The molecule has 17 heavy (non-hydrogen) atoms. The van der Waals surface area contributed by atoms with E-state index in [9.17, 15) is 8.42 Å². The molecule has 7 heteroatoms. The number of hydrogen-bond acceptors (Lipinski definition) is 5. The van der Waals surface area contributed by atoms with Crippen molar-refractivity contribution < 1.29 is 13.2 Å². The third-order valence-electron chi connectivity index (χ3n) is 2.42. The van der Waals surface area contributed by atoms with Crippen molar-refractivity contribution in [1.29, 1.82) is 0 Å². The minimum Gasteiger partial charge on any atom is -0.377 e. The van der Waals surface area contributed by atoms with E-state index in [2.05, 4.69) is 4.72 Å². The van der Waals surface area contributed by atoms with Crippen LogP contribution in [0.3, 0.4) is 0 Å². The van der Waals surface area contributed by atoms with Gasteiger partial charge in [-0.1, -0.05) is 0 Å². The number of rotatable bonds is 6. The fourth-order valence-electron chi connectivity index (χ4n) is 1.14. The van der Waals surface area contributed by atoms with Crippen LogP contribution in [0.15, 0.2) is 16.3 Å². The molecule has 0 aromatic carbocycles. The maximum absolute atomic E-state index is 12.0. The Balaban J connectivity index is 2.83. The second kappa shape index (κ2) is 5.45. The third-order valence-corrected chi connectivity index (χ3v) is 4.98. The molecule has 0 saturated carbocycles. The smallest absolute Gasteiger partial charge is 0.241 e. The lowest BCUT2D eigenvalue weighted by atomic mass is 10.1. The van der Waals surface area contributed by atoms with Gasteiger partial charge in [0.2, 0.25) is 10.0 Å². The van der Waals surface area contributed by atoms with Crippen LogP contribution in [0.5, 0.6) is 0 Å². The van der Waals surface area contributed by atoms with Crippen molar-refractivity contribution in [3.8, 4) is 0 Å². The van der Waals surface area contributed by atoms with Gasteiger partial charge >= 0.3 is 0 Å². The maximum Gasteiger partial charge on any atom is 0.241 e. The first-order valence-corrected chi connectivity index (χ1v) is 7.50. The molecule has 1 aromatic heterocycles. The average Bonchev–Trinajstić information content (AvgIpc) is 2.75. The summed E-state index contributed by atoms with van der Waals surface area (Å²) >= 11 is 1.34. The Bertz CT molecular complexity index is 466. The van der Waals surface area contributed by atoms with Crippen LogP contribution in [0, 0.1) is 0 Å². The van der Waals surface area contributed by atoms with Gasteiger partial charge < -0.3 is 10.5 Å². The second-order valence-electron chi connectivity index (χ2n) is 4.20. The molecule has 0 aliphatic rings. The van der Waals surface area contributed by atoms with Crippen LogP contribution in [0.25, 0.3) is 0 Å². The minimum absolute atomic E-state index is 0.214. The van der Waals surface area contributed by atoms with Crippen molar-refractivity contribution in [2.75, 3.05) is 13.7 Å². The zero-order valence-corrected chi connectivity index (χ0v) is 11.8. The summed E-state index contributed by atoms with van der Waals surface area (Å²) in [5.74, 6) is 0. The fourth-order valence-corrected chi connectivity index (χ4v) is 3.67. The van der Waals surface area contributed by atoms with Crippen molar-refractivity contribution in [3.05, 3.63) is 16.3 Å². The van der Waals surface area contributed by atoms with E-state index in [0.29, 0.717) is 4.88 Å². The number of sulfonamides is 1.